The van der Waals surface area contributed by atoms with E-state index in [9.17, 15) is 18.8 Å². The van der Waals surface area contributed by atoms with Gasteiger partial charge in [0, 0.05) is 24.3 Å². The average Bonchev–Trinajstić information content (AvgIpc) is 3.27. The predicted molar refractivity (Wildman–Crippen MR) is 146 cm³/mol. The van der Waals surface area contributed by atoms with Gasteiger partial charge in [0.1, 0.15) is 5.82 Å². The van der Waals surface area contributed by atoms with Crippen molar-refractivity contribution in [3.8, 4) is 0 Å². The highest BCUT2D eigenvalue weighted by molar-refractivity contribution is 6.28. The third-order valence-electron chi connectivity index (χ3n) is 6.31. The number of hydrogen-bond acceptors (Lipinski definition) is 4. The van der Waals surface area contributed by atoms with Crippen molar-refractivity contribution in [1.82, 2.24) is 0 Å². The van der Waals surface area contributed by atoms with Gasteiger partial charge in [-0.2, -0.15) is 0 Å². The number of carbonyl (C=O) groups excluding carboxylic acids is 3. The van der Waals surface area contributed by atoms with Crippen molar-refractivity contribution < 1.29 is 23.5 Å². The quantitative estimate of drug-likeness (QED) is 0.114. The molecular formula is C32H30FNO4. The Kier molecular flexibility index (Phi) is 9.48. The van der Waals surface area contributed by atoms with Crippen molar-refractivity contribution in [3.63, 3.8) is 0 Å². The number of halogens is 1. The molecule has 0 saturated carbocycles. The normalized spacial score (nSPS) is 13.1. The number of imide groups is 1. The molecule has 38 heavy (non-hydrogen) atoms. The molecule has 0 aliphatic carbocycles. The number of hydrogen-bond donors (Lipinski definition) is 0. The highest BCUT2D eigenvalue weighted by atomic mass is 19.1. The van der Waals surface area contributed by atoms with Gasteiger partial charge >= 0.3 is 0 Å². The Morgan fingerprint density at radius 3 is 2.08 bits per heavy atom. The summed E-state index contributed by atoms with van der Waals surface area (Å²) in [5.41, 5.74) is 4.24. The summed E-state index contributed by atoms with van der Waals surface area (Å²) in [6.45, 7) is 1.18. The maximum atomic E-state index is 13.0. The monoisotopic (exact) mass is 511 g/mol. The molecule has 0 N–H and O–H groups in total. The maximum absolute atomic E-state index is 13.0. The van der Waals surface area contributed by atoms with Crippen molar-refractivity contribution in [1.29, 1.82) is 0 Å². The molecule has 5 nitrogen and oxygen atoms in total. The van der Waals surface area contributed by atoms with Crippen LogP contribution in [0.2, 0.25) is 0 Å². The molecule has 0 radical (unpaired) electrons. The molecule has 1 heterocycles. The fraction of sp³-hybridized carbons (Fsp3) is 0.219. The molecule has 2 amide bonds. The van der Waals surface area contributed by atoms with E-state index in [1.807, 2.05) is 24.3 Å². The standard InChI is InChI=1S/C32H30FNO4/c33-28-15-13-27(14-16-28)30(35)19-12-25-8-6-24(7-9-25)5-3-1-2-4-22-38-23-26-10-17-29(18-11-26)34-31(36)20-21-32(34)37/h6-21H,1-5,22-23H2. The molecule has 3 aromatic carbocycles. The van der Waals surface area contributed by atoms with E-state index in [1.54, 1.807) is 18.2 Å². The molecule has 1 aliphatic heterocycles. The van der Waals surface area contributed by atoms with Gasteiger partial charge in [-0.3, -0.25) is 14.4 Å². The number of carbonyl (C=O) groups is 3. The highest BCUT2D eigenvalue weighted by Gasteiger charge is 2.24. The van der Waals surface area contributed by atoms with Gasteiger partial charge in [0.2, 0.25) is 0 Å². The number of ketones is 1. The first-order valence-electron chi connectivity index (χ1n) is 12.8. The van der Waals surface area contributed by atoms with Crippen LogP contribution in [0, 0.1) is 5.82 Å². The van der Waals surface area contributed by atoms with Crippen molar-refractivity contribution in [2.24, 2.45) is 0 Å². The Hall–Kier alpha value is -4.16. The van der Waals surface area contributed by atoms with Crippen molar-refractivity contribution >= 4 is 29.4 Å². The van der Waals surface area contributed by atoms with E-state index in [2.05, 4.69) is 12.1 Å². The van der Waals surface area contributed by atoms with Gasteiger partial charge in [-0.05, 0) is 78.4 Å². The second kappa shape index (κ2) is 13.4. The molecule has 1 aliphatic rings. The van der Waals surface area contributed by atoms with Crippen LogP contribution in [0.25, 0.3) is 6.08 Å². The molecule has 3 aromatic rings. The zero-order valence-electron chi connectivity index (χ0n) is 21.1. The van der Waals surface area contributed by atoms with Gasteiger partial charge in [-0.1, -0.05) is 55.3 Å². The van der Waals surface area contributed by atoms with Gasteiger partial charge in [0.25, 0.3) is 11.8 Å². The molecule has 0 fully saturated rings. The lowest BCUT2D eigenvalue weighted by atomic mass is 10.0. The lowest BCUT2D eigenvalue weighted by molar-refractivity contribution is -0.119. The summed E-state index contributed by atoms with van der Waals surface area (Å²) in [7, 11) is 0. The summed E-state index contributed by atoms with van der Waals surface area (Å²) in [6.07, 6.45) is 11.1. The minimum atomic E-state index is -0.357. The fourth-order valence-corrected chi connectivity index (χ4v) is 4.15. The summed E-state index contributed by atoms with van der Waals surface area (Å²) < 4.78 is 18.8. The molecule has 0 bridgehead atoms. The van der Waals surface area contributed by atoms with E-state index in [4.69, 9.17) is 4.74 Å². The number of rotatable bonds is 13. The van der Waals surface area contributed by atoms with Crippen LogP contribution in [0.5, 0.6) is 0 Å². The predicted octanol–water partition coefficient (Wildman–Crippen LogP) is 6.47. The third kappa shape index (κ3) is 7.67. The van der Waals surface area contributed by atoms with Gasteiger partial charge in [0.05, 0.1) is 12.3 Å². The molecule has 194 valence electrons. The third-order valence-corrected chi connectivity index (χ3v) is 6.31. The number of aryl methyl sites for hydroxylation is 1. The van der Waals surface area contributed by atoms with Crippen molar-refractivity contribution in [2.75, 3.05) is 11.5 Å². The number of nitrogens with zero attached hydrogens (tertiary/aromatic N) is 1. The van der Waals surface area contributed by atoms with Crippen LogP contribution in [0.4, 0.5) is 10.1 Å². The van der Waals surface area contributed by atoms with Gasteiger partial charge in [-0.15, -0.1) is 0 Å². The minimum absolute atomic E-state index is 0.151. The first kappa shape index (κ1) is 26.9. The SMILES string of the molecule is O=C(C=Cc1ccc(CCCCCCOCc2ccc(N3C(=O)C=CC3=O)cc2)cc1)c1ccc(F)cc1. The van der Waals surface area contributed by atoms with E-state index in [-0.39, 0.29) is 23.4 Å². The zero-order chi connectivity index (χ0) is 26.7. The summed E-state index contributed by atoms with van der Waals surface area (Å²) in [5.74, 6) is -1.15. The Labute approximate surface area is 222 Å². The first-order chi connectivity index (χ1) is 18.5. The van der Waals surface area contributed by atoms with Crippen LogP contribution in [0.15, 0.2) is 91.0 Å². The molecule has 0 spiro atoms. The fourth-order valence-electron chi connectivity index (χ4n) is 4.15. The minimum Gasteiger partial charge on any atom is -0.377 e. The maximum Gasteiger partial charge on any atom is 0.258 e. The van der Waals surface area contributed by atoms with Crippen LogP contribution in [0.1, 0.15) is 52.7 Å². The molecule has 0 atom stereocenters. The van der Waals surface area contributed by atoms with Gasteiger partial charge < -0.3 is 4.74 Å². The van der Waals surface area contributed by atoms with E-state index in [0.29, 0.717) is 24.5 Å². The van der Waals surface area contributed by atoms with Crippen molar-refractivity contribution in [2.45, 2.75) is 38.7 Å². The van der Waals surface area contributed by atoms with E-state index in [0.717, 1.165) is 48.1 Å². The van der Waals surface area contributed by atoms with Crippen molar-refractivity contribution in [3.05, 3.63) is 119 Å². The van der Waals surface area contributed by atoms with Crippen LogP contribution in [-0.4, -0.2) is 24.2 Å². The summed E-state index contributed by atoms with van der Waals surface area (Å²) >= 11 is 0. The second-order valence-corrected chi connectivity index (χ2v) is 9.17. The molecule has 0 saturated heterocycles. The molecule has 6 heteroatoms. The summed E-state index contributed by atoms with van der Waals surface area (Å²) in [4.78, 5) is 36.8. The lowest BCUT2D eigenvalue weighted by Gasteiger charge is -2.14. The van der Waals surface area contributed by atoms with E-state index < -0.39 is 0 Å². The Morgan fingerprint density at radius 2 is 1.39 bits per heavy atom. The topological polar surface area (TPSA) is 63.7 Å². The Bertz CT molecular complexity index is 1290. The van der Waals surface area contributed by atoms with E-state index >= 15 is 0 Å². The first-order valence-corrected chi connectivity index (χ1v) is 12.8. The summed E-state index contributed by atoms with van der Waals surface area (Å²) in [5, 5.41) is 0. The average molecular weight is 512 g/mol. The Morgan fingerprint density at radius 1 is 0.763 bits per heavy atom. The lowest BCUT2D eigenvalue weighted by Crippen LogP contribution is -2.29. The molecule has 4 rings (SSSR count). The van der Waals surface area contributed by atoms with Crippen LogP contribution in [-0.2, 0) is 27.4 Å². The number of amides is 2. The zero-order valence-corrected chi connectivity index (χ0v) is 21.1. The second-order valence-electron chi connectivity index (χ2n) is 9.17. The van der Waals surface area contributed by atoms with E-state index in [1.165, 1.54) is 48.1 Å². The van der Waals surface area contributed by atoms with Crippen LogP contribution in [0.3, 0.4) is 0 Å². The largest absolute Gasteiger partial charge is 0.377 e. The number of benzene rings is 3. The summed E-state index contributed by atoms with van der Waals surface area (Å²) in [6, 6.07) is 21.0. The molecular weight excluding hydrogens is 481 g/mol. The Balaban J connectivity index is 1.07. The molecule has 0 unspecified atom stereocenters. The number of allylic oxidation sites excluding steroid dienone is 1. The van der Waals surface area contributed by atoms with Crippen LogP contribution >= 0.6 is 0 Å². The van der Waals surface area contributed by atoms with Gasteiger partial charge in [0.15, 0.2) is 5.78 Å². The highest BCUT2D eigenvalue weighted by Crippen LogP contribution is 2.20. The van der Waals surface area contributed by atoms with Gasteiger partial charge in [-0.25, -0.2) is 9.29 Å². The molecule has 0 aromatic heterocycles. The number of ether oxygens (including phenoxy) is 1. The number of unbranched alkanes of at least 4 members (excludes halogenated alkanes) is 3. The smallest absolute Gasteiger partial charge is 0.258 e. The van der Waals surface area contributed by atoms with Crippen LogP contribution < -0.4 is 4.90 Å². The number of anilines is 1.